The highest BCUT2D eigenvalue weighted by molar-refractivity contribution is 5.96. The molecular formula is C13H21ClN2O. The Balaban J connectivity index is 0.00000256. The van der Waals surface area contributed by atoms with Crippen LogP contribution in [0.3, 0.4) is 0 Å². The van der Waals surface area contributed by atoms with Gasteiger partial charge >= 0.3 is 0 Å². The van der Waals surface area contributed by atoms with Crippen molar-refractivity contribution in [2.75, 3.05) is 18.5 Å². The van der Waals surface area contributed by atoms with Crippen molar-refractivity contribution in [2.24, 2.45) is 11.1 Å². The van der Waals surface area contributed by atoms with Crippen molar-refractivity contribution in [3.05, 3.63) is 29.8 Å². The van der Waals surface area contributed by atoms with E-state index in [1.165, 1.54) is 0 Å². The number of benzene rings is 1. The maximum atomic E-state index is 12.2. The SMILES string of the molecule is Cc1cccc(N(C)C(=O)C(C)(C)CN)c1.Cl. The minimum absolute atomic E-state index is 0. The first-order valence-corrected chi connectivity index (χ1v) is 5.43. The van der Waals surface area contributed by atoms with Crippen LogP contribution in [0, 0.1) is 12.3 Å². The zero-order valence-corrected chi connectivity index (χ0v) is 11.7. The van der Waals surface area contributed by atoms with Crippen molar-refractivity contribution in [3.8, 4) is 0 Å². The molecule has 0 saturated carbocycles. The quantitative estimate of drug-likeness (QED) is 0.903. The average Bonchev–Trinajstić information content (AvgIpc) is 2.27. The monoisotopic (exact) mass is 256 g/mol. The van der Waals surface area contributed by atoms with E-state index in [4.69, 9.17) is 5.73 Å². The normalized spacial score (nSPS) is 10.6. The summed E-state index contributed by atoms with van der Waals surface area (Å²) in [4.78, 5) is 13.8. The standard InChI is InChI=1S/C13H20N2O.ClH/c1-10-6-5-7-11(8-10)15(4)12(16)13(2,3)9-14;/h5-8H,9,14H2,1-4H3;1H. The van der Waals surface area contributed by atoms with Crippen molar-refractivity contribution in [1.29, 1.82) is 0 Å². The topological polar surface area (TPSA) is 46.3 Å². The van der Waals surface area contributed by atoms with E-state index in [1.54, 1.807) is 11.9 Å². The number of hydrogen-bond donors (Lipinski definition) is 1. The van der Waals surface area contributed by atoms with E-state index in [1.807, 2.05) is 45.0 Å². The molecule has 0 saturated heterocycles. The molecular weight excluding hydrogens is 236 g/mol. The first kappa shape index (κ1) is 15.9. The van der Waals surface area contributed by atoms with Crippen LogP contribution in [0.1, 0.15) is 19.4 Å². The summed E-state index contributed by atoms with van der Waals surface area (Å²) in [7, 11) is 1.79. The molecule has 0 unspecified atom stereocenters. The van der Waals surface area contributed by atoms with Gasteiger partial charge in [0, 0.05) is 19.3 Å². The highest BCUT2D eigenvalue weighted by Gasteiger charge is 2.29. The summed E-state index contributed by atoms with van der Waals surface area (Å²) in [5, 5.41) is 0. The molecule has 0 heterocycles. The summed E-state index contributed by atoms with van der Waals surface area (Å²) < 4.78 is 0. The van der Waals surface area contributed by atoms with Crippen LogP contribution in [-0.2, 0) is 4.79 Å². The van der Waals surface area contributed by atoms with Gasteiger partial charge in [0.2, 0.25) is 5.91 Å². The summed E-state index contributed by atoms with van der Waals surface area (Å²) in [6.45, 7) is 6.08. The van der Waals surface area contributed by atoms with Crippen LogP contribution in [0.25, 0.3) is 0 Å². The zero-order chi connectivity index (χ0) is 12.3. The van der Waals surface area contributed by atoms with E-state index < -0.39 is 5.41 Å². The predicted molar refractivity (Wildman–Crippen MR) is 74.7 cm³/mol. The molecule has 1 aromatic carbocycles. The number of carbonyl (C=O) groups excluding carboxylic acids is 1. The predicted octanol–water partition coefficient (Wildman–Crippen LogP) is 2.36. The number of amides is 1. The molecule has 4 heteroatoms. The van der Waals surface area contributed by atoms with Gasteiger partial charge in [-0.25, -0.2) is 0 Å². The molecule has 0 aliphatic heterocycles. The van der Waals surface area contributed by atoms with Crippen LogP contribution in [0.4, 0.5) is 5.69 Å². The number of nitrogens with two attached hydrogens (primary N) is 1. The molecule has 96 valence electrons. The van der Waals surface area contributed by atoms with Crippen molar-refractivity contribution in [2.45, 2.75) is 20.8 Å². The fourth-order valence-corrected chi connectivity index (χ4v) is 1.50. The van der Waals surface area contributed by atoms with E-state index in [0.29, 0.717) is 6.54 Å². The molecule has 1 rings (SSSR count). The molecule has 0 radical (unpaired) electrons. The number of aryl methyl sites for hydroxylation is 1. The molecule has 1 amide bonds. The van der Waals surface area contributed by atoms with Gasteiger partial charge in [0.05, 0.1) is 5.41 Å². The zero-order valence-electron chi connectivity index (χ0n) is 10.9. The molecule has 0 atom stereocenters. The van der Waals surface area contributed by atoms with E-state index in [-0.39, 0.29) is 18.3 Å². The Labute approximate surface area is 109 Å². The van der Waals surface area contributed by atoms with Gasteiger partial charge in [-0.2, -0.15) is 0 Å². The van der Waals surface area contributed by atoms with Crippen molar-refractivity contribution in [3.63, 3.8) is 0 Å². The number of nitrogens with zero attached hydrogens (tertiary/aromatic N) is 1. The minimum atomic E-state index is -0.515. The fourth-order valence-electron chi connectivity index (χ4n) is 1.50. The smallest absolute Gasteiger partial charge is 0.233 e. The van der Waals surface area contributed by atoms with Gasteiger partial charge in [-0.15, -0.1) is 12.4 Å². The van der Waals surface area contributed by atoms with E-state index in [0.717, 1.165) is 11.3 Å². The van der Waals surface area contributed by atoms with E-state index in [2.05, 4.69) is 0 Å². The van der Waals surface area contributed by atoms with Gasteiger partial charge in [0.1, 0.15) is 0 Å². The van der Waals surface area contributed by atoms with E-state index in [9.17, 15) is 4.79 Å². The number of carbonyl (C=O) groups is 1. The Bertz CT molecular complexity index is 391. The van der Waals surface area contributed by atoms with Gasteiger partial charge in [-0.3, -0.25) is 4.79 Å². The summed E-state index contributed by atoms with van der Waals surface area (Å²) in [6.07, 6.45) is 0. The van der Waals surface area contributed by atoms with Gasteiger partial charge < -0.3 is 10.6 Å². The van der Waals surface area contributed by atoms with Gasteiger partial charge in [0.25, 0.3) is 0 Å². The third-order valence-electron chi connectivity index (χ3n) is 2.78. The Morgan fingerprint density at radius 3 is 2.47 bits per heavy atom. The van der Waals surface area contributed by atoms with Gasteiger partial charge in [-0.05, 0) is 38.5 Å². The average molecular weight is 257 g/mol. The molecule has 0 aromatic heterocycles. The number of halogens is 1. The van der Waals surface area contributed by atoms with Crippen molar-refractivity contribution >= 4 is 24.0 Å². The third kappa shape index (κ3) is 3.72. The highest BCUT2D eigenvalue weighted by atomic mass is 35.5. The van der Waals surface area contributed by atoms with Gasteiger partial charge in [-0.1, -0.05) is 12.1 Å². The first-order valence-electron chi connectivity index (χ1n) is 5.43. The van der Waals surface area contributed by atoms with Crippen LogP contribution < -0.4 is 10.6 Å². The molecule has 1 aromatic rings. The van der Waals surface area contributed by atoms with E-state index >= 15 is 0 Å². The molecule has 0 fully saturated rings. The lowest BCUT2D eigenvalue weighted by atomic mass is 9.92. The molecule has 0 bridgehead atoms. The second kappa shape index (κ2) is 6.03. The number of hydrogen-bond acceptors (Lipinski definition) is 2. The summed E-state index contributed by atoms with van der Waals surface area (Å²) in [6, 6.07) is 7.88. The van der Waals surface area contributed by atoms with Crippen LogP contribution in [0.5, 0.6) is 0 Å². The van der Waals surface area contributed by atoms with Crippen LogP contribution in [-0.4, -0.2) is 19.5 Å². The van der Waals surface area contributed by atoms with Crippen molar-refractivity contribution in [1.82, 2.24) is 0 Å². The molecule has 0 spiro atoms. The molecule has 2 N–H and O–H groups in total. The maximum absolute atomic E-state index is 12.2. The second-order valence-electron chi connectivity index (χ2n) is 4.79. The summed E-state index contributed by atoms with van der Waals surface area (Å²) in [5.74, 6) is 0.0422. The lowest BCUT2D eigenvalue weighted by Gasteiger charge is -2.28. The fraction of sp³-hybridized carbons (Fsp3) is 0.462. The molecule has 0 aliphatic rings. The minimum Gasteiger partial charge on any atom is -0.329 e. The van der Waals surface area contributed by atoms with Crippen LogP contribution in [0.15, 0.2) is 24.3 Å². The number of rotatable bonds is 3. The third-order valence-corrected chi connectivity index (χ3v) is 2.78. The first-order chi connectivity index (χ1) is 7.38. The Kier molecular flexibility index (Phi) is 5.66. The molecule has 0 aliphatic carbocycles. The van der Waals surface area contributed by atoms with Crippen LogP contribution >= 0.6 is 12.4 Å². The molecule has 3 nitrogen and oxygen atoms in total. The summed E-state index contributed by atoms with van der Waals surface area (Å²) >= 11 is 0. The largest absolute Gasteiger partial charge is 0.329 e. The Hall–Kier alpha value is -1.06. The van der Waals surface area contributed by atoms with Crippen LogP contribution in [0.2, 0.25) is 0 Å². The maximum Gasteiger partial charge on any atom is 0.233 e. The summed E-state index contributed by atoms with van der Waals surface area (Å²) in [5.41, 5.74) is 7.14. The molecule has 17 heavy (non-hydrogen) atoms. The lowest BCUT2D eigenvalue weighted by Crippen LogP contribution is -2.42. The van der Waals surface area contributed by atoms with Crippen molar-refractivity contribution < 1.29 is 4.79 Å². The number of anilines is 1. The Morgan fingerprint density at radius 2 is 2.00 bits per heavy atom. The van der Waals surface area contributed by atoms with Gasteiger partial charge in [0.15, 0.2) is 0 Å². The Morgan fingerprint density at radius 1 is 1.41 bits per heavy atom. The highest BCUT2D eigenvalue weighted by Crippen LogP contribution is 2.22. The second-order valence-corrected chi connectivity index (χ2v) is 4.79. The lowest BCUT2D eigenvalue weighted by molar-refractivity contribution is -0.125.